The van der Waals surface area contributed by atoms with Gasteiger partial charge in [0.1, 0.15) is 0 Å². The van der Waals surface area contributed by atoms with Gasteiger partial charge in [-0.2, -0.15) is 5.10 Å². The molecule has 2 aromatic heterocycles. The monoisotopic (exact) mass is 467 g/mol. The van der Waals surface area contributed by atoms with Crippen molar-refractivity contribution in [3.8, 4) is 0 Å². The summed E-state index contributed by atoms with van der Waals surface area (Å²) in [4.78, 5) is 28.6. The van der Waals surface area contributed by atoms with Crippen LogP contribution in [0.1, 0.15) is 36.2 Å². The highest BCUT2D eigenvalue weighted by molar-refractivity contribution is 7.13. The van der Waals surface area contributed by atoms with Gasteiger partial charge >= 0.3 is 0 Å². The fraction of sp³-hybridized carbons (Fsp3) is 0.417. The molecule has 33 heavy (non-hydrogen) atoms. The summed E-state index contributed by atoms with van der Waals surface area (Å²) in [6.07, 6.45) is 5.33. The second kappa shape index (κ2) is 10.2. The first-order valence-corrected chi connectivity index (χ1v) is 12.1. The van der Waals surface area contributed by atoms with E-state index in [0.29, 0.717) is 5.91 Å². The molecule has 174 valence electrons. The SMILES string of the molecule is CNc1nc(C2(c3ccccc3)CCN(C(=O)C3CCn4nccc4C3)CC2)cs1.O=CO. The van der Waals surface area contributed by atoms with E-state index in [4.69, 9.17) is 14.9 Å². The smallest absolute Gasteiger partial charge is 0.290 e. The average molecular weight is 468 g/mol. The molecule has 2 aliphatic heterocycles. The van der Waals surface area contributed by atoms with Gasteiger partial charge in [0.25, 0.3) is 6.47 Å². The van der Waals surface area contributed by atoms with E-state index < -0.39 is 0 Å². The Hall–Kier alpha value is -3.20. The molecule has 2 aliphatic rings. The lowest BCUT2D eigenvalue weighted by atomic mass is 9.70. The first-order chi connectivity index (χ1) is 16.1. The van der Waals surface area contributed by atoms with Crippen molar-refractivity contribution in [1.82, 2.24) is 19.7 Å². The van der Waals surface area contributed by atoms with Crippen molar-refractivity contribution in [2.24, 2.45) is 5.92 Å². The zero-order valence-electron chi connectivity index (χ0n) is 18.7. The molecule has 8 nitrogen and oxygen atoms in total. The van der Waals surface area contributed by atoms with Gasteiger partial charge in [-0.1, -0.05) is 30.3 Å². The average Bonchev–Trinajstić information content (AvgIpc) is 3.54. The number of aromatic nitrogens is 3. The van der Waals surface area contributed by atoms with Crippen molar-refractivity contribution in [2.45, 2.75) is 37.6 Å². The van der Waals surface area contributed by atoms with Crippen molar-refractivity contribution in [1.29, 1.82) is 0 Å². The lowest BCUT2D eigenvalue weighted by molar-refractivity contribution is -0.137. The Bertz CT molecular complexity index is 1070. The fourth-order valence-electron chi connectivity index (χ4n) is 5.00. The Morgan fingerprint density at radius 1 is 1.21 bits per heavy atom. The second-order valence-electron chi connectivity index (χ2n) is 8.40. The number of likely N-dealkylation sites (tertiary alicyclic amines) is 1. The van der Waals surface area contributed by atoms with Gasteiger partial charge in [0.05, 0.1) is 5.69 Å². The Balaban J connectivity index is 0.000000821. The summed E-state index contributed by atoms with van der Waals surface area (Å²) in [5.41, 5.74) is 3.47. The Morgan fingerprint density at radius 2 is 1.94 bits per heavy atom. The van der Waals surface area contributed by atoms with Crippen molar-refractivity contribution in [3.05, 3.63) is 64.9 Å². The van der Waals surface area contributed by atoms with E-state index >= 15 is 0 Å². The number of nitrogens with one attached hydrogen (secondary N) is 1. The maximum atomic E-state index is 13.3. The van der Waals surface area contributed by atoms with Crippen LogP contribution in [0.3, 0.4) is 0 Å². The Morgan fingerprint density at radius 3 is 2.61 bits per heavy atom. The number of piperidine rings is 1. The lowest BCUT2D eigenvalue weighted by Crippen LogP contribution is -2.48. The predicted molar refractivity (Wildman–Crippen MR) is 127 cm³/mol. The first kappa shape index (κ1) is 23.0. The van der Waals surface area contributed by atoms with Gasteiger partial charge in [0.2, 0.25) is 5.91 Å². The zero-order valence-corrected chi connectivity index (χ0v) is 19.5. The molecule has 0 radical (unpaired) electrons. The number of aryl methyl sites for hydroxylation is 1. The van der Waals surface area contributed by atoms with Crippen molar-refractivity contribution >= 4 is 28.8 Å². The minimum Gasteiger partial charge on any atom is -0.483 e. The van der Waals surface area contributed by atoms with Crippen LogP contribution in [0.4, 0.5) is 5.13 Å². The highest BCUT2D eigenvalue weighted by Crippen LogP contribution is 2.43. The van der Waals surface area contributed by atoms with E-state index in [1.807, 2.05) is 24.0 Å². The highest BCUT2D eigenvalue weighted by Gasteiger charge is 2.42. The molecule has 1 amide bonds. The number of thiazole rings is 1. The van der Waals surface area contributed by atoms with E-state index in [0.717, 1.165) is 56.1 Å². The van der Waals surface area contributed by atoms with Gasteiger partial charge in [-0.05, 0) is 30.9 Å². The van der Waals surface area contributed by atoms with E-state index in [1.54, 1.807) is 11.3 Å². The van der Waals surface area contributed by atoms with Gasteiger partial charge in [0, 0.05) is 61.7 Å². The molecule has 1 atom stereocenters. The van der Waals surface area contributed by atoms with Gasteiger partial charge in [-0.3, -0.25) is 14.3 Å². The van der Waals surface area contributed by atoms with Crippen LogP contribution in [0.15, 0.2) is 48.0 Å². The number of anilines is 1. The highest BCUT2D eigenvalue weighted by atomic mass is 32.1. The molecule has 0 saturated carbocycles. The number of nitrogens with zero attached hydrogens (tertiary/aromatic N) is 4. The number of hydrogen-bond acceptors (Lipinski definition) is 6. The second-order valence-corrected chi connectivity index (χ2v) is 9.26. The molecule has 5 rings (SSSR count). The lowest BCUT2D eigenvalue weighted by Gasteiger charge is -2.42. The van der Waals surface area contributed by atoms with E-state index in [1.165, 1.54) is 11.3 Å². The quantitative estimate of drug-likeness (QED) is 0.572. The summed E-state index contributed by atoms with van der Waals surface area (Å²) < 4.78 is 2.03. The van der Waals surface area contributed by atoms with Crippen LogP contribution < -0.4 is 5.32 Å². The number of carbonyl (C=O) groups is 2. The molecule has 3 aromatic rings. The van der Waals surface area contributed by atoms with Crippen LogP contribution in [0.5, 0.6) is 0 Å². The van der Waals surface area contributed by atoms with Crippen LogP contribution in [0, 0.1) is 5.92 Å². The minimum atomic E-state index is -0.250. The molecule has 1 saturated heterocycles. The molecule has 0 aliphatic carbocycles. The molecule has 4 heterocycles. The molecule has 9 heteroatoms. The van der Waals surface area contributed by atoms with Crippen LogP contribution in [0.25, 0.3) is 0 Å². The minimum absolute atomic E-state index is 0.0774. The summed E-state index contributed by atoms with van der Waals surface area (Å²) in [7, 11) is 1.91. The summed E-state index contributed by atoms with van der Waals surface area (Å²) in [5, 5.41) is 17.5. The molecule has 2 N–H and O–H groups in total. The molecule has 1 aromatic carbocycles. The topological polar surface area (TPSA) is 100 Å². The van der Waals surface area contributed by atoms with E-state index in [-0.39, 0.29) is 17.8 Å². The molecule has 0 bridgehead atoms. The number of carbonyl (C=O) groups excluding carboxylic acids is 1. The molecular formula is C24H29N5O3S. The summed E-state index contributed by atoms with van der Waals surface area (Å²) in [6.45, 7) is 2.14. The van der Waals surface area contributed by atoms with Crippen LogP contribution >= 0.6 is 11.3 Å². The number of rotatable bonds is 4. The van der Waals surface area contributed by atoms with Gasteiger partial charge < -0.3 is 15.3 Å². The summed E-state index contributed by atoms with van der Waals surface area (Å²) in [5.74, 6) is 0.381. The third kappa shape index (κ3) is 4.64. The van der Waals surface area contributed by atoms with Gasteiger partial charge in [0.15, 0.2) is 5.13 Å². The predicted octanol–water partition coefficient (Wildman–Crippen LogP) is 3.25. The summed E-state index contributed by atoms with van der Waals surface area (Å²) in [6, 6.07) is 12.7. The largest absolute Gasteiger partial charge is 0.483 e. The van der Waals surface area contributed by atoms with Crippen LogP contribution in [-0.4, -0.2) is 57.3 Å². The maximum Gasteiger partial charge on any atom is 0.290 e. The van der Waals surface area contributed by atoms with E-state index in [2.05, 4.69) is 51.0 Å². The third-order valence-corrected chi connectivity index (χ3v) is 7.62. The number of carboxylic acid groups (broad SMARTS) is 1. The van der Waals surface area contributed by atoms with Crippen molar-refractivity contribution in [3.63, 3.8) is 0 Å². The Kier molecular flexibility index (Phi) is 7.08. The first-order valence-electron chi connectivity index (χ1n) is 11.2. The molecular weight excluding hydrogens is 438 g/mol. The maximum absolute atomic E-state index is 13.3. The number of fused-ring (bicyclic) bond motifs is 1. The Labute approximate surface area is 197 Å². The van der Waals surface area contributed by atoms with Crippen LogP contribution in [0.2, 0.25) is 0 Å². The number of amides is 1. The van der Waals surface area contributed by atoms with Gasteiger partial charge in [-0.15, -0.1) is 11.3 Å². The fourth-order valence-corrected chi connectivity index (χ4v) is 5.77. The van der Waals surface area contributed by atoms with Crippen LogP contribution in [-0.2, 0) is 28.0 Å². The van der Waals surface area contributed by atoms with E-state index in [9.17, 15) is 4.79 Å². The number of hydrogen-bond donors (Lipinski definition) is 2. The zero-order chi connectivity index (χ0) is 23.3. The van der Waals surface area contributed by atoms with Crippen molar-refractivity contribution < 1.29 is 14.7 Å². The standard InChI is InChI=1S/C23H27N5OS.CH2O2/c1-24-22-26-20(16-30-22)23(18-5-3-2-4-6-18)9-13-27(14-10-23)21(29)17-8-12-28-19(15-17)7-11-25-28;2-1-3/h2-7,11,16-17H,8-10,12-15H2,1H3,(H,24,26);1H,(H,2,3). The third-order valence-electron chi connectivity index (χ3n) is 6.76. The van der Waals surface area contributed by atoms with Crippen molar-refractivity contribution in [2.75, 3.05) is 25.5 Å². The molecule has 1 fully saturated rings. The normalized spacial score (nSPS) is 19.1. The summed E-state index contributed by atoms with van der Waals surface area (Å²) >= 11 is 1.65. The van der Waals surface area contributed by atoms with Gasteiger partial charge in [-0.25, -0.2) is 4.98 Å². The molecule has 1 unspecified atom stereocenters. The molecule has 0 spiro atoms. The number of benzene rings is 1.